The quantitative estimate of drug-likeness (QED) is 0.567. The van der Waals surface area contributed by atoms with Crippen LogP contribution < -0.4 is 11.1 Å². The highest BCUT2D eigenvalue weighted by Crippen LogP contribution is 2.29. The molecule has 0 bridgehead atoms. The molecular weight excluding hydrogens is 355 g/mol. The third kappa shape index (κ3) is 3.58. The number of hydrogen-bond donors (Lipinski definition) is 2. The molecule has 3 N–H and O–H groups in total. The van der Waals surface area contributed by atoms with Crippen molar-refractivity contribution in [3.05, 3.63) is 78.9 Å². The maximum absolute atomic E-state index is 13.1. The van der Waals surface area contributed by atoms with Crippen molar-refractivity contribution >= 4 is 22.5 Å². The van der Waals surface area contributed by atoms with E-state index in [1.807, 2.05) is 30.3 Å². The molecule has 2 heterocycles. The van der Waals surface area contributed by atoms with Gasteiger partial charge in [-0.05, 0) is 35.4 Å². The Morgan fingerprint density at radius 2 is 1.61 bits per heavy atom. The minimum atomic E-state index is -0.283. The SMILES string of the molecule is NCC(=O)Nc1cc(-c2ccc(-c3ccc(F)cc3)cc2)nc2ccncc12. The predicted octanol–water partition coefficient (Wildman–Crippen LogP) is 4.00. The number of fused-ring (bicyclic) bond motifs is 1. The fraction of sp³-hybridized carbons (Fsp3) is 0.0455. The smallest absolute Gasteiger partial charge is 0.238 e. The molecule has 0 spiro atoms. The van der Waals surface area contributed by atoms with Crippen molar-refractivity contribution < 1.29 is 9.18 Å². The summed E-state index contributed by atoms with van der Waals surface area (Å²) in [5.74, 6) is -0.545. The van der Waals surface area contributed by atoms with Crippen LogP contribution in [0.3, 0.4) is 0 Å². The Balaban J connectivity index is 1.74. The van der Waals surface area contributed by atoms with Crippen LogP contribution in [0, 0.1) is 5.82 Å². The number of benzene rings is 2. The number of nitrogens with zero attached hydrogens (tertiary/aromatic N) is 2. The summed E-state index contributed by atoms with van der Waals surface area (Å²) in [4.78, 5) is 20.6. The average Bonchev–Trinajstić information content (AvgIpc) is 2.74. The van der Waals surface area contributed by atoms with E-state index in [0.717, 1.165) is 33.3 Å². The van der Waals surface area contributed by atoms with E-state index in [-0.39, 0.29) is 18.3 Å². The Bertz CT molecular complexity index is 1140. The van der Waals surface area contributed by atoms with Gasteiger partial charge in [0.1, 0.15) is 5.82 Å². The van der Waals surface area contributed by atoms with E-state index in [4.69, 9.17) is 5.73 Å². The van der Waals surface area contributed by atoms with Crippen LogP contribution in [-0.4, -0.2) is 22.4 Å². The van der Waals surface area contributed by atoms with Crippen molar-refractivity contribution in [2.45, 2.75) is 0 Å². The van der Waals surface area contributed by atoms with Crippen LogP contribution in [0.2, 0.25) is 0 Å². The molecular formula is C22H17FN4O. The summed E-state index contributed by atoms with van der Waals surface area (Å²) >= 11 is 0. The molecule has 138 valence electrons. The van der Waals surface area contributed by atoms with Crippen LogP contribution in [0.15, 0.2) is 73.1 Å². The van der Waals surface area contributed by atoms with Crippen LogP contribution in [0.5, 0.6) is 0 Å². The standard InChI is InChI=1S/C22H17FN4O/c23-17-7-5-15(6-8-17)14-1-3-16(4-2-14)20-11-21(27-22(28)12-24)18-13-25-10-9-19(18)26-20/h1-11,13H,12,24H2,(H,26,27,28). The number of carbonyl (C=O) groups excluding carboxylic acids is 1. The van der Waals surface area contributed by atoms with Crippen LogP contribution in [0.1, 0.15) is 0 Å². The molecule has 2 aromatic heterocycles. The normalized spacial score (nSPS) is 10.8. The van der Waals surface area contributed by atoms with Gasteiger partial charge in [0.2, 0.25) is 5.91 Å². The number of hydrogen-bond acceptors (Lipinski definition) is 4. The van der Waals surface area contributed by atoms with Crippen LogP contribution >= 0.6 is 0 Å². The van der Waals surface area contributed by atoms with E-state index in [1.54, 1.807) is 30.6 Å². The van der Waals surface area contributed by atoms with E-state index in [1.165, 1.54) is 12.1 Å². The molecule has 0 atom stereocenters. The molecule has 6 heteroatoms. The van der Waals surface area contributed by atoms with Gasteiger partial charge in [0.15, 0.2) is 0 Å². The third-order valence-electron chi connectivity index (χ3n) is 4.43. The molecule has 0 aliphatic rings. The average molecular weight is 372 g/mol. The molecule has 1 amide bonds. The summed E-state index contributed by atoms with van der Waals surface area (Å²) in [6.45, 7) is -0.105. The number of rotatable bonds is 4. The second-order valence-corrected chi connectivity index (χ2v) is 6.28. The Kier molecular flexibility index (Phi) is 4.78. The van der Waals surface area contributed by atoms with E-state index in [2.05, 4.69) is 15.3 Å². The summed E-state index contributed by atoms with van der Waals surface area (Å²) < 4.78 is 13.1. The Labute approximate surface area is 161 Å². The molecule has 0 unspecified atom stereocenters. The number of pyridine rings is 2. The van der Waals surface area contributed by atoms with E-state index < -0.39 is 0 Å². The molecule has 5 nitrogen and oxygen atoms in total. The van der Waals surface area contributed by atoms with E-state index >= 15 is 0 Å². The molecule has 0 aliphatic carbocycles. The predicted molar refractivity (Wildman–Crippen MR) is 108 cm³/mol. The zero-order chi connectivity index (χ0) is 19.5. The summed E-state index contributed by atoms with van der Waals surface area (Å²) in [6.07, 6.45) is 3.32. The van der Waals surface area contributed by atoms with Crippen LogP contribution in [0.4, 0.5) is 10.1 Å². The Morgan fingerprint density at radius 1 is 0.964 bits per heavy atom. The molecule has 4 aromatic rings. The van der Waals surface area contributed by atoms with E-state index in [0.29, 0.717) is 5.69 Å². The van der Waals surface area contributed by atoms with Gasteiger partial charge in [0.25, 0.3) is 0 Å². The molecule has 0 aliphatic heterocycles. The molecule has 0 fully saturated rings. The topological polar surface area (TPSA) is 80.9 Å². The van der Waals surface area contributed by atoms with Crippen molar-refractivity contribution in [2.75, 3.05) is 11.9 Å². The molecule has 0 radical (unpaired) electrons. The number of nitrogens with one attached hydrogen (secondary N) is 1. The van der Waals surface area contributed by atoms with Gasteiger partial charge in [-0.3, -0.25) is 9.78 Å². The highest BCUT2D eigenvalue weighted by Gasteiger charge is 2.10. The maximum atomic E-state index is 13.1. The first-order valence-electron chi connectivity index (χ1n) is 8.75. The number of amides is 1. The number of carbonyl (C=O) groups is 1. The first kappa shape index (κ1) is 17.8. The lowest BCUT2D eigenvalue weighted by Crippen LogP contribution is -2.22. The van der Waals surface area contributed by atoms with Crippen molar-refractivity contribution in [2.24, 2.45) is 5.73 Å². The maximum Gasteiger partial charge on any atom is 0.238 e. The first-order valence-corrected chi connectivity index (χ1v) is 8.75. The minimum Gasteiger partial charge on any atom is -0.324 e. The van der Waals surface area contributed by atoms with Crippen molar-refractivity contribution in [3.8, 4) is 22.4 Å². The van der Waals surface area contributed by atoms with Gasteiger partial charge in [0, 0.05) is 23.3 Å². The monoisotopic (exact) mass is 372 g/mol. The largest absolute Gasteiger partial charge is 0.324 e. The van der Waals surface area contributed by atoms with Gasteiger partial charge in [-0.2, -0.15) is 0 Å². The highest BCUT2D eigenvalue weighted by molar-refractivity contribution is 6.02. The highest BCUT2D eigenvalue weighted by atomic mass is 19.1. The summed E-state index contributed by atoms with van der Waals surface area (Å²) in [5.41, 5.74) is 10.3. The van der Waals surface area contributed by atoms with E-state index in [9.17, 15) is 9.18 Å². The lowest BCUT2D eigenvalue weighted by molar-refractivity contribution is -0.114. The molecule has 4 rings (SSSR count). The summed E-state index contributed by atoms with van der Waals surface area (Å²) in [7, 11) is 0. The van der Waals surface area contributed by atoms with Crippen molar-refractivity contribution in [1.29, 1.82) is 0 Å². The second kappa shape index (κ2) is 7.54. The second-order valence-electron chi connectivity index (χ2n) is 6.28. The molecule has 28 heavy (non-hydrogen) atoms. The lowest BCUT2D eigenvalue weighted by atomic mass is 10.0. The lowest BCUT2D eigenvalue weighted by Gasteiger charge is -2.11. The summed E-state index contributed by atoms with van der Waals surface area (Å²) in [5, 5.41) is 3.55. The van der Waals surface area contributed by atoms with Gasteiger partial charge in [-0.25, -0.2) is 9.37 Å². The zero-order valence-corrected chi connectivity index (χ0v) is 14.9. The molecule has 0 saturated heterocycles. The Hall–Kier alpha value is -3.64. The fourth-order valence-electron chi connectivity index (χ4n) is 3.00. The third-order valence-corrected chi connectivity index (χ3v) is 4.43. The zero-order valence-electron chi connectivity index (χ0n) is 14.9. The number of aromatic nitrogens is 2. The first-order chi connectivity index (χ1) is 13.6. The van der Waals surface area contributed by atoms with Gasteiger partial charge in [-0.15, -0.1) is 0 Å². The van der Waals surface area contributed by atoms with Gasteiger partial charge in [0.05, 0.1) is 23.4 Å². The number of halogens is 1. The molecule has 2 aromatic carbocycles. The minimum absolute atomic E-state index is 0.105. The van der Waals surface area contributed by atoms with Crippen molar-refractivity contribution in [1.82, 2.24) is 9.97 Å². The van der Waals surface area contributed by atoms with Gasteiger partial charge >= 0.3 is 0 Å². The van der Waals surface area contributed by atoms with Gasteiger partial charge < -0.3 is 11.1 Å². The molecule has 0 saturated carbocycles. The van der Waals surface area contributed by atoms with Crippen LogP contribution in [0.25, 0.3) is 33.3 Å². The summed E-state index contributed by atoms with van der Waals surface area (Å²) in [6, 6.07) is 17.8. The van der Waals surface area contributed by atoms with Crippen LogP contribution in [-0.2, 0) is 4.79 Å². The number of anilines is 1. The fourth-order valence-corrected chi connectivity index (χ4v) is 3.00. The number of nitrogens with two attached hydrogens (primary N) is 1. The Morgan fingerprint density at radius 3 is 2.29 bits per heavy atom. The van der Waals surface area contributed by atoms with Crippen molar-refractivity contribution in [3.63, 3.8) is 0 Å². The van der Waals surface area contributed by atoms with Gasteiger partial charge in [-0.1, -0.05) is 36.4 Å².